The van der Waals surface area contributed by atoms with Crippen molar-refractivity contribution in [1.82, 2.24) is 4.98 Å². The van der Waals surface area contributed by atoms with Gasteiger partial charge in [-0.05, 0) is 109 Å². The highest BCUT2D eigenvalue weighted by Crippen LogP contribution is 2.66. The lowest BCUT2D eigenvalue weighted by atomic mass is 9.32. The molecule has 6 aliphatic rings. The first-order valence-corrected chi connectivity index (χ1v) is 27.6. The van der Waals surface area contributed by atoms with E-state index in [1.165, 1.54) is 114 Å². The Kier molecular flexibility index (Phi) is 7.96. The van der Waals surface area contributed by atoms with Crippen molar-refractivity contribution in [3.05, 3.63) is 287 Å². The van der Waals surface area contributed by atoms with E-state index in [1.54, 1.807) is 0 Å². The molecule has 0 saturated heterocycles. The fraction of sp³-hybridized carbons (Fsp3) is 0.0290. The van der Waals surface area contributed by atoms with Crippen LogP contribution in [0.4, 0.5) is 34.1 Å². The number of nitrogens with zero attached hydrogens (tertiary/aromatic N) is 3. The Labute approximate surface area is 443 Å². The van der Waals surface area contributed by atoms with Crippen molar-refractivity contribution in [3.8, 4) is 11.3 Å². The third kappa shape index (κ3) is 4.88. The number of benzene rings is 11. The molecule has 3 nitrogen and oxygen atoms in total. The summed E-state index contributed by atoms with van der Waals surface area (Å²) >= 11 is 3.80. The Bertz CT molecular complexity index is 4450. The Morgan fingerprint density at radius 3 is 1.31 bits per heavy atom. The molecule has 6 aliphatic heterocycles. The number of rotatable bonds is 1. The van der Waals surface area contributed by atoms with E-state index in [9.17, 15) is 0 Å². The molecule has 0 N–H and O–H groups in total. The van der Waals surface area contributed by atoms with Gasteiger partial charge in [-0.1, -0.05) is 224 Å². The number of hydrogen-bond donors (Lipinski definition) is 0. The van der Waals surface area contributed by atoms with Gasteiger partial charge >= 0.3 is 0 Å². The smallest absolute Gasteiger partial charge is 0.252 e. The van der Waals surface area contributed by atoms with Crippen LogP contribution in [0.15, 0.2) is 262 Å². The van der Waals surface area contributed by atoms with Crippen molar-refractivity contribution in [2.24, 2.45) is 0 Å². The number of fused-ring (bicyclic) bond motifs is 24. The van der Waals surface area contributed by atoms with Crippen molar-refractivity contribution in [3.63, 3.8) is 0 Å². The van der Waals surface area contributed by atoms with Gasteiger partial charge in [-0.15, -0.1) is 0 Å². The first-order valence-electron chi connectivity index (χ1n) is 26.0. The van der Waals surface area contributed by atoms with Crippen molar-refractivity contribution < 1.29 is 0 Å². The Balaban J connectivity index is 1.05. The Hall–Kier alpha value is -8.55. The molecule has 7 heterocycles. The number of aromatic nitrogens is 1. The minimum absolute atomic E-state index is 0.137. The first kappa shape index (κ1) is 40.9. The molecule has 0 radical (unpaired) electrons. The van der Waals surface area contributed by atoms with E-state index in [2.05, 4.69) is 252 Å². The molecular formula is C69H40BN3S2. The van der Waals surface area contributed by atoms with Gasteiger partial charge < -0.3 is 9.80 Å². The van der Waals surface area contributed by atoms with Gasteiger partial charge in [0.25, 0.3) is 6.71 Å². The van der Waals surface area contributed by atoms with E-state index < -0.39 is 10.8 Å². The summed E-state index contributed by atoms with van der Waals surface area (Å²) in [4.78, 5) is 16.6. The molecular weight excluding hydrogens is 946 g/mol. The fourth-order valence-corrected chi connectivity index (χ4v) is 17.3. The van der Waals surface area contributed by atoms with Crippen molar-refractivity contribution in [1.29, 1.82) is 0 Å². The summed E-state index contributed by atoms with van der Waals surface area (Å²) in [6.45, 7) is -0.137. The van der Waals surface area contributed by atoms with Crippen LogP contribution in [0.3, 0.4) is 0 Å². The van der Waals surface area contributed by atoms with Crippen LogP contribution in [0.2, 0.25) is 0 Å². The minimum Gasteiger partial charge on any atom is -0.311 e. The lowest BCUT2D eigenvalue weighted by molar-refractivity contribution is 0.692. The normalized spacial score (nSPS) is 15.5. The predicted octanol–water partition coefficient (Wildman–Crippen LogP) is 15.5. The molecule has 0 amide bonds. The molecule has 0 aliphatic carbocycles. The molecule has 0 bridgehead atoms. The average Bonchev–Trinajstić information content (AvgIpc) is 3.51. The van der Waals surface area contributed by atoms with E-state index in [4.69, 9.17) is 4.98 Å². The standard InChI is InChI=1S/C69H40BN3S2/c1-2-20-41(21-3-1)63-43-23-5-4-22-42(43)44-40-57-62-67(64(44)71-63)73-56-35-13-7-25-46(56)69(49-28-10-16-38-60(49)75-61-39-17-11-29-50(61)69)52-31-19-33-54(66(52)73)70(62)53-32-18-30-51-65(53)72(57)55-34-12-6-24-45(55)68(51)47-26-8-14-36-58(47)74-59-37-15-9-27-48(59)68/h1-40H. The molecule has 346 valence electrons. The van der Waals surface area contributed by atoms with E-state index in [1.807, 2.05) is 23.5 Å². The molecule has 18 rings (SSSR count). The van der Waals surface area contributed by atoms with Crippen LogP contribution in [0.5, 0.6) is 0 Å². The summed E-state index contributed by atoms with van der Waals surface area (Å²) in [6.07, 6.45) is 0. The second kappa shape index (κ2) is 14.6. The minimum atomic E-state index is -0.607. The quantitative estimate of drug-likeness (QED) is 0.120. The molecule has 0 saturated carbocycles. The SMILES string of the molecule is c1ccc(-c2nc3c4c5c(cc3c3ccccc23)N2c3ccccc3C3(c6ccccc6Sc6ccccc63)c3cccc(c32)B5c2cccc3c2N4c2ccccc2C32c3ccccc3Sc3ccccc32)cc1. The topological polar surface area (TPSA) is 19.4 Å². The molecule has 6 heteroatoms. The van der Waals surface area contributed by atoms with Crippen LogP contribution in [0.1, 0.15) is 44.5 Å². The van der Waals surface area contributed by atoms with Gasteiger partial charge in [-0.3, -0.25) is 0 Å². The first-order chi connectivity index (χ1) is 37.2. The zero-order chi connectivity index (χ0) is 48.7. The lowest BCUT2D eigenvalue weighted by Crippen LogP contribution is -2.63. The predicted molar refractivity (Wildman–Crippen MR) is 311 cm³/mol. The molecule has 0 unspecified atom stereocenters. The lowest BCUT2D eigenvalue weighted by Gasteiger charge is -2.55. The molecule has 2 spiro atoms. The summed E-state index contributed by atoms with van der Waals surface area (Å²) < 4.78 is 0. The van der Waals surface area contributed by atoms with Crippen LogP contribution in [-0.2, 0) is 10.8 Å². The maximum absolute atomic E-state index is 6.03. The molecule has 12 aromatic rings. The monoisotopic (exact) mass is 985 g/mol. The molecule has 1 aromatic heterocycles. The summed E-state index contributed by atoms with van der Waals surface area (Å²) in [7, 11) is 0. The van der Waals surface area contributed by atoms with Crippen molar-refractivity contribution >= 4 is 102 Å². The van der Waals surface area contributed by atoms with Gasteiger partial charge in [-0.25, -0.2) is 4.98 Å². The maximum atomic E-state index is 6.03. The van der Waals surface area contributed by atoms with Gasteiger partial charge in [0.2, 0.25) is 0 Å². The van der Waals surface area contributed by atoms with Gasteiger partial charge in [0.15, 0.2) is 0 Å². The maximum Gasteiger partial charge on any atom is 0.252 e. The van der Waals surface area contributed by atoms with Crippen LogP contribution < -0.4 is 26.2 Å². The number of anilines is 6. The molecule has 0 fully saturated rings. The molecule has 75 heavy (non-hydrogen) atoms. The third-order valence-electron chi connectivity index (χ3n) is 17.5. The van der Waals surface area contributed by atoms with Crippen LogP contribution >= 0.6 is 23.5 Å². The van der Waals surface area contributed by atoms with Crippen molar-refractivity contribution in [2.45, 2.75) is 30.4 Å². The highest BCUT2D eigenvalue weighted by Gasteiger charge is 2.58. The molecule has 11 aromatic carbocycles. The summed E-state index contributed by atoms with van der Waals surface area (Å²) in [6, 6.07) is 92.2. The zero-order valence-electron chi connectivity index (χ0n) is 40.3. The fourth-order valence-electron chi connectivity index (χ4n) is 14.9. The second-order valence-corrected chi connectivity index (χ2v) is 22.9. The summed E-state index contributed by atoms with van der Waals surface area (Å²) in [5.41, 5.74) is 23.6. The number of para-hydroxylation sites is 4. The van der Waals surface area contributed by atoms with E-state index in [0.29, 0.717) is 0 Å². The Morgan fingerprint density at radius 1 is 0.333 bits per heavy atom. The van der Waals surface area contributed by atoms with Crippen LogP contribution in [0, 0.1) is 0 Å². The van der Waals surface area contributed by atoms with E-state index >= 15 is 0 Å². The van der Waals surface area contributed by atoms with Crippen LogP contribution in [-0.4, -0.2) is 11.7 Å². The van der Waals surface area contributed by atoms with Gasteiger partial charge in [-0.2, -0.15) is 0 Å². The summed E-state index contributed by atoms with van der Waals surface area (Å²) in [5, 5.41) is 3.48. The highest BCUT2D eigenvalue weighted by molar-refractivity contribution is 7.99. The third-order valence-corrected chi connectivity index (χ3v) is 19.8. The van der Waals surface area contributed by atoms with Crippen LogP contribution in [0.25, 0.3) is 32.9 Å². The highest BCUT2D eigenvalue weighted by atomic mass is 32.2. The molecule has 0 atom stereocenters. The van der Waals surface area contributed by atoms with E-state index in [0.717, 1.165) is 33.2 Å². The van der Waals surface area contributed by atoms with E-state index in [-0.39, 0.29) is 6.71 Å². The van der Waals surface area contributed by atoms with Gasteiger partial charge in [0.1, 0.15) is 0 Å². The summed E-state index contributed by atoms with van der Waals surface area (Å²) in [5.74, 6) is 0. The number of pyridine rings is 1. The zero-order valence-corrected chi connectivity index (χ0v) is 42.0. The Morgan fingerprint density at radius 2 is 0.760 bits per heavy atom. The van der Waals surface area contributed by atoms with Gasteiger partial charge in [0.05, 0.1) is 39.1 Å². The average molecular weight is 986 g/mol. The van der Waals surface area contributed by atoms with Gasteiger partial charge in [0, 0.05) is 53.0 Å². The largest absolute Gasteiger partial charge is 0.311 e. The second-order valence-electron chi connectivity index (χ2n) is 20.7. The number of hydrogen-bond acceptors (Lipinski definition) is 5. The van der Waals surface area contributed by atoms with Crippen molar-refractivity contribution in [2.75, 3.05) is 9.80 Å².